The monoisotopic (exact) mass is 511 g/mol. The highest BCUT2D eigenvalue weighted by atomic mass is 16.2. The molecule has 1 aliphatic heterocycles. The van der Waals surface area contributed by atoms with E-state index in [2.05, 4.69) is 36.9 Å². The molecular weight excluding hydrogens is 470 g/mol. The molecule has 2 amide bonds. The molecule has 200 valence electrons. The predicted molar refractivity (Wildman–Crippen MR) is 156 cm³/mol. The number of amides is 2. The second-order valence-corrected chi connectivity index (χ2v) is 10.6. The molecular formula is C33H41N3O2. The SMILES string of the molecule is Cc1cccc(C(=O)N2CCN(C(C)C)CCCN(C(=O)CCc3ccccc3)c3ccccc3C2)c1C. The lowest BCUT2D eigenvalue weighted by molar-refractivity contribution is -0.118. The van der Waals surface area contributed by atoms with Gasteiger partial charge in [-0.05, 0) is 74.9 Å². The van der Waals surface area contributed by atoms with Gasteiger partial charge in [-0.15, -0.1) is 0 Å². The molecule has 5 heteroatoms. The number of carbonyl (C=O) groups is 2. The van der Waals surface area contributed by atoms with Gasteiger partial charge in [0.15, 0.2) is 0 Å². The standard InChI is InChI=1S/C33H41N3O2/c1-25(2)34-20-11-21-36(32(37)19-18-28-13-6-5-7-14-28)31-17-9-8-15-29(31)24-35(23-22-34)33(38)30-16-10-12-26(3)27(30)4/h5-10,12-17,25H,11,18-24H2,1-4H3. The Morgan fingerprint density at radius 2 is 1.55 bits per heavy atom. The first-order chi connectivity index (χ1) is 18.3. The average Bonchev–Trinajstić information content (AvgIpc) is 2.96. The lowest BCUT2D eigenvalue weighted by Crippen LogP contribution is -2.41. The fourth-order valence-electron chi connectivity index (χ4n) is 5.24. The van der Waals surface area contributed by atoms with Crippen LogP contribution in [-0.4, -0.2) is 53.8 Å². The largest absolute Gasteiger partial charge is 0.333 e. The summed E-state index contributed by atoms with van der Waals surface area (Å²) in [5, 5.41) is 0. The number of carbonyl (C=O) groups excluding carboxylic acids is 2. The third-order valence-electron chi connectivity index (χ3n) is 7.75. The molecule has 0 saturated carbocycles. The number of anilines is 1. The maximum absolute atomic E-state index is 13.9. The second-order valence-electron chi connectivity index (χ2n) is 10.6. The molecule has 3 aromatic rings. The predicted octanol–water partition coefficient (Wildman–Crippen LogP) is 6.03. The summed E-state index contributed by atoms with van der Waals surface area (Å²) in [4.78, 5) is 33.9. The van der Waals surface area contributed by atoms with Gasteiger partial charge in [-0.3, -0.25) is 14.5 Å². The minimum atomic E-state index is 0.0471. The van der Waals surface area contributed by atoms with Gasteiger partial charge in [0, 0.05) is 56.4 Å². The molecule has 5 nitrogen and oxygen atoms in total. The first kappa shape index (κ1) is 27.6. The molecule has 0 fully saturated rings. The van der Waals surface area contributed by atoms with Crippen molar-refractivity contribution >= 4 is 17.5 Å². The van der Waals surface area contributed by atoms with Crippen LogP contribution in [-0.2, 0) is 17.8 Å². The number of hydrogen-bond acceptors (Lipinski definition) is 3. The summed E-state index contributed by atoms with van der Waals surface area (Å²) in [5.41, 5.74) is 6.00. The van der Waals surface area contributed by atoms with Gasteiger partial charge >= 0.3 is 0 Å². The molecule has 0 unspecified atom stereocenters. The lowest BCUT2D eigenvalue weighted by Gasteiger charge is -2.30. The maximum Gasteiger partial charge on any atom is 0.254 e. The van der Waals surface area contributed by atoms with Crippen LogP contribution in [0, 0.1) is 13.8 Å². The smallest absolute Gasteiger partial charge is 0.254 e. The van der Waals surface area contributed by atoms with Gasteiger partial charge < -0.3 is 9.80 Å². The quantitative estimate of drug-likeness (QED) is 0.420. The molecule has 0 radical (unpaired) electrons. The van der Waals surface area contributed by atoms with Crippen LogP contribution in [0.3, 0.4) is 0 Å². The fourth-order valence-corrected chi connectivity index (χ4v) is 5.24. The van der Waals surface area contributed by atoms with Crippen molar-refractivity contribution < 1.29 is 9.59 Å². The van der Waals surface area contributed by atoms with Gasteiger partial charge in [-0.2, -0.15) is 0 Å². The van der Waals surface area contributed by atoms with Gasteiger partial charge in [-0.25, -0.2) is 0 Å². The van der Waals surface area contributed by atoms with Crippen LogP contribution in [0.5, 0.6) is 0 Å². The van der Waals surface area contributed by atoms with Crippen LogP contribution in [0.15, 0.2) is 72.8 Å². The Kier molecular flexibility index (Phi) is 9.35. The van der Waals surface area contributed by atoms with Crippen LogP contribution >= 0.6 is 0 Å². The Balaban J connectivity index is 1.66. The number of hydrogen-bond donors (Lipinski definition) is 0. The van der Waals surface area contributed by atoms with E-state index in [0.717, 1.165) is 47.5 Å². The van der Waals surface area contributed by atoms with Crippen LogP contribution in [0.1, 0.15) is 59.3 Å². The van der Waals surface area contributed by atoms with Crippen molar-refractivity contribution in [2.45, 2.75) is 59.5 Å². The molecule has 0 spiro atoms. The first-order valence-corrected chi connectivity index (χ1v) is 13.9. The van der Waals surface area contributed by atoms with Crippen LogP contribution in [0.2, 0.25) is 0 Å². The number of rotatable bonds is 5. The minimum absolute atomic E-state index is 0.0471. The molecule has 0 saturated heterocycles. The Hall–Kier alpha value is -3.44. The minimum Gasteiger partial charge on any atom is -0.333 e. The molecule has 1 heterocycles. The van der Waals surface area contributed by atoms with Crippen molar-refractivity contribution in [1.29, 1.82) is 0 Å². The number of nitrogens with zero attached hydrogens (tertiary/aromatic N) is 3. The highest BCUT2D eigenvalue weighted by molar-refractivity contribution is 5.97. The van der Waals surface area contributed by atoms with Crippen molar-refractivity contribution in [3.05, 3.63) is 101 Å². The second kappa shape index (κ2) is 12.9. The van der Waals surface area contributed by atoms with Crippen molar-refractivity contribution in [1.82, 2.24) is 9.80 Å². The normalized spacial score (nSPS) is 15.2. The highest BCUT2D eigenvalue weighted by Gasteiger charge is 2.25. The van der Waals surface area contributed by atoms with E-state index < -0.39 is 0 Å². The van der Waals surface area contributed by atoms with E-state index in [1.807, 2.05) is 78.2 Å². The zero-order chi connectivity index (χ0) is 27.1. The molecule has 0 bridgehead atoms. The van der Waals surface area contributed by atoms with E-state index in [-0.39, 0.29) is 11.8 Å². The zero-order valence-electron chi connectivity index (χ0n) is 23.3. The average molecular weight is 512 g/mol. The number of fused-ring (bicyclic) bond motifs is 1. The van der Waals surface area contributed by atoms with Crippen LogP contribution in [0.25, 0.3) is 0 Å². The molecule has 4 rings (SSSR count). The highest BCUT2D eigenvalue weighted by Crippen LogP contribution is 2.26. The Morgan fingerprint density at radius 1 is 0.816 bits per heavy atom. The molecule has 0 aromatic heterocycles. The van der Waals surface area contributed by atoms with E-state index >= 15 is 0 Å². The molecule has 0 atom stereocenters. The van der Waals surface area contributed by atoms with Crippen LogP contribution < -0.4 is 4.90 Å². The summed E-state index contributed by atoms with van der Waals surface area (Å²) >= 11 is 0. The lowest BCUT2D eigenvalue weighted by atomic mass is 10.0. The van der Waals surface area contributed by atoms with Crippen LogP contribution in [0.4, 0.5) is 5.69 Å². The van der Waals surface area contributed by atoms with Crippen molar-refractivity contribution in [3.8, 4) is 0 Å². The van der Waals surface area contributed by atoms with E-state index in [9.17, 15) is 9.59 Å². The van der Waals surface area contributed by atoms with Gasteiger partial charge in [-0.1, -0.05) is 60.7 Å². The number of benzene rings is 3. The summed E-state index contributed by atoms with van der Waals surface area (Å²) in [6.45, 7) is 11.9. The Labute approximate surface area is 228 Å². The van der Waals surface area contributed by atoms with Crippen molar-refractivity contribution in [2.75, 3.05) is 31.1 Å². The van der Waals surface area contributed by atoms with E-state index in [4.69, 9.17) is 0 Å². The van der Waals surface area contributed by atoms with E-state index in [1.54, 1.807) is 0 Å². The topological polar surface area (TPSA) is 43.9 Å². The zero-order valence-corrected chi connectivity index (χ0v) is 23.3. The van der Waals surface area contributed by atoms with Crippen molar-refractivity contribution in [3.63, 3.8) is 0 Å². The fraction of sp³-hybridized carbons (Fsp3) is 0.394. The van der Waals surface area contributed by atoms with E-state index in [0.29, 0.717) is 38.5 Å². The third-order valence-corrected chi connectivity index (χ3v) is 7.75. The summed E-state index contributed by atoms with van der Waals surface area (Å²) in [5.74, 6) is 0.176. The third kappa shape index (κ3) is 6.70. The maximum atomic E-state index is 13.9. The van der Waals surface area contributed by atoms with Gasteiger partial charge in [0.2, 0.25) is 5.91 Å². The summed E-state index contributed by atoms with van der Waals surface area (Å²) in [7, 11) is 0. The van der Waals surface area contributed by atoms with Gasteiger partial charge in [0.1, 0.15) is 0 Å². The Bertz CT molecular complexity index is 1240. The molecule has 38 heavy (non-hydrogen) atoms. The van der Waals surface area contributed by atoms with E-state index in [1.165, 1.54) is 5.56 Å². The van der Waals surface area contributed by atoms with Crippen molar-refractivity contribution in [2.24, 2.45) is 0 Å². The molecule has 0 aliphatic carbocycles. The number of aryl methyl sites for hydroxylation is 2. The summed E-state index contributed by atoms with van der Waals surface area (Å²) < 4.78 is 0. The summed E-state index contributed by atoms with van der Waals surface area (Å²) in [6, 6.07) is 24.6. The molecule has 3 aromatic carbocycles. The molecule has 0 N–H and O–H groups in total. The Morgan fingerprint density at radius 3 is 2.32 bits per heavy atom. The van der Waals surface area contributed by atoms with Gasteiger partial charge in [0.05, 0.1) is 0 Å². The summed E-state index contributed by atoms with van der Waals surface area (Å²) in [6.07, 6.45) is 2.06. The molecule has 1 aliphatic rings. The first-order valence-electron chi connectivity index (χ1n) is 13.9. The van der Waals surface area contributed by atoms with Gasteiger partial charge in [0.25, 0.3) is 5.91 Å². The number of para-hydroxylation sites is 1.